The summed E-state index contributed by atoms with van der Waals surface area (Å²) in [5.74, 6) is 0.781. The smallest absolute Gasteiger partial charge is 0.164 e. The largest absolute Gasteiger partial charge is 0.494 e. The van der Waals surface area contributed by atoms with Crippen LogP contribution in [0, 0.1) is 3.57 Å². The lowest BCUT2D eigenvalue weighted by atomic mass is 10.3. The van der Waals surface area contributed by atoms with Crippen molar-refractivity contribution in [2.45, 2.75) is 0 Å². The summed E-state index contributed by atoms with van der Waals surface area (Å²) >= 11 is 2.28. The highest BCUT2D eigenvalue weighted by atomic mass is 127. The molecular formula is C13H10IN3O. The molecule has 0 aliphatic carbocycles. The summed E-state index contributed by atoms with van der Waals surface area (Å²) in [6.45, 7) is 0. The van der Waals surface area contributed by atoms with E-state index in [0.29, 0.717) is 0 Å². The van der Waals surface area contributed by atoms with Crippen molar-refractivity contribution in [3.63, 3.8) is 0 Å². The van der Waals surface area contributed by atoms with E-state index < -0.39 is 0 Å². The Labute approximate surface area is 118 Å². The maximum atomic E-state index is 5.36. The third-order valence-corrected chi connectivity index (χ3v) is 3.67. The van der Waals surface area contributed by atoms with Crippen molar-refractivity contribution < 1.29 is 4.74 Å². The van der Waals surface area contributed by atoms with Gasteiger partial charge in [-0.25, -0.2) is 9.67 Å². The Balaban J connectivity index is 2.29. The fourth-order valence-electron chi connectivity index (χ4n) is 1.88. The first-order valence-electron chi connectivity index (χ1n) is 5.43. The van der Waals surface area contributed by atoms with Gasteiger partial charge in [-0.1, -0.05) is 12.1 Å². The van der Waals surface area contributed by atoms with Crippen molar-refractivity contribution >= 4 is 33.6 Å². The maximum Gasteiger partial charge on any atom is 0.164 e. The van der Waals surface area contributed by atoms with Crippen LogP contribution in [0.2, 0.25) is 0 Å². The van der Waals surface area contributed by atoms with Crippen LogP contribution < -0.4 is 4.74 Å². The normalized spacial score (nSPS) is 10.8. The second-order valence-electron chi connectivity index (χ2n) is 3.76. The van der Waals surface area contributed by atoms with Gasteiger partial charge in [0.2, 0.25) is 0 Å². The molecule has 0 N–H and O–H groups in total. The lowest BCUT2D eigenvalue weighted by Crippen LogP contribution is -2.00. The van der Waals surface area contributed by atoms with Crippen LogP contribution in [0.1, 0.15) is 0 Å². The molecule has 90 valence electrons. The van der Waals surface area contributed by atoms with E-state index in [9.17, 15) is 0 Å². The lowest BCUT2D eigenvalue weighted by Gasteiger charge is -2.08. The number of pyridine rings is 1. The monoisotopic (exact) mass is 351 g/mol. The Morgan fingerprint density at radius 1 is 1.22 bits per heavy atom. The predicted octanol–water partition coefficient (Wildman–Crippen LogP) is 3.03. The predicted molar refractivity (Wildman–Crippen MR) is 78.1 cm³/mol. The van der Waals surface area contributed by atoms with Crippen LogP contribution in [0.4, 0.5) is 0 Å². The minimum atomic E-state index is 0.781. The Kier molecular flexibility index (Phi) is 2.91. The number of fused-ring (bicyclic) bond motifs is 1. The average molecular weight is 351 g/mol. The summed E-state index contributed by atoms with van der Waals surface area (Å²) in [5.41, 5.74) is 1.73. The first-order chi connectivity index (χ1) is 8.81. The van der Waals surface area contributed by atoms with E-state index in [0.717, 1.165) is 26.0 Å². The van der Waals surface area contributed by atoms with Gasteiger partial charge in [0.05, 0.1) is 18.7 Å². The molecule has 0 fully saturated rings. The number of rotatable bonds is 2. The van der Waals surface area contributed by atoms with Crippen molar-refractivity contribution in [1.29, 1.82) is 0 Å². The standard InChI is InChI=1S/C13H10IN3O/c1-18-12-5-3-2-4-11(12)17-13-9(8-16-17)10(14)6-7-15-13/h2-8H,1H3. The van der Waals surface area contributed by atoms with E-state index in [4.69, 9.17) is 4.74 Å². The van der Waals surface area contributed by atoms with Gasteiger partial charge in [0.25, 0.3) is 0 Å². The molecule has 0 aliphatic rings. The number of aromatic nitrogens is 3. The third kappa shape index (κ3) is 1.74. The van der Waals surface area contributed by atoms with Crippen LogP contribution in [0.3, 0.4) is 0 Å². The molecule has 18 heavy (non-hydrogen) atoms. The zero-order valence-electron chi connectivity index (χ0n) is 9.67. The van der Waals surface area contributed by atoms with Gasteiger partial charge in [-0.15, -0.1) is 0 Å². The first kappa shape index (κ1) is 11.5. The molecule has 0 aliphatic heterocycles. The van der Waals surface area contributed by atoms with Crippen molar-refractivity contribution in [2.75, 3.05) is 7.11 Å². The second-order valence-corrected chi connectivity index (χ2v) is 4.92. The van der Waals surface area contributed by atoms with Crippen molar-refractivity contribution in [3.05, 3.63) is 46.3 Å². The number of benzene rings is 1. The molecule has 0 saturated carbocycles. The van der Waals surface area contributed by atoms with E-state index in [-0.39, 0.29) is 0 Å². The third-order valence-electron chi connectivity index (χ3n) is 2.73. The molecular weight excluding hydrogens is 341 g/mol. The SMILES string of the molecule is COc1ccccc1-n1ncc2c(I)ccnc21. The van der Waals surface area contributed by atoms with E-state index in [1.165, 1.54) is 0 Å². The molecule has 0 bridgehead atoms. The van der Waals surface area contributed by atoms with Gasteiger partial charge >= 0.3 is 0 Å². The zero-order valence-corrected chi connectivity index (χ0v) is 11.8. The molecule has 2 aromatic heterocycles. The highest BCUT2D eigenvalue weighted by Crippen LogP contribution is 2.26. The number of halogens is 1. The molecule has 0 atom stereocenters. The number of nitrogens with zero attached hydrogens (tertiary/aromatic N) is 3. The molecule has 0 saturated heterocycles. The number of methoxy groups -OCH3 is 1. The molecule has 2 heterocycles. The van der Waals surface area contributed by atoms with Gasteiger partial charge < -0.3 is 4.74 Å². The second kappa shape index (κ2) is 4.56. The van der Waals surface area contributed by atoms with Crippen LogP contribution >= 0.6 is 22.6 Å². The molecule has 4 nitrogen and oxygen atoms in total. The Morgan fingerprint density at radius 3 is 2.89 bits per heavy atom. The van der Waals surface area contributed by atoms with E-state index in [1.54, 1.807) is 18.0 Å². The van der Waals surface area contributed by atoms with Crippen LogP contribution in [-0.2, 0) is 0 Å². The van der Waals surface area contributed by atoms with Gasteiger partial charge in [-0.2, -0.15) is 5.10 Å². The first-order valence-corrected chi connectivity index (χ1v) is 6.51. The zero-order chi connectivity index (χ0) is 12.5. The minimum absolute atomic E-state index is 0.781. The Morgan fingerprint density at radius 2 is 2.06 bits per heavy atom. The van der Waals surface area contributed by atoms with Crippen molar-refractivity contribution in [2.24, 2.45) is 0 Å². The quantitative estimate of drug-likeness (QED) is 0.667. The molecule has 3 rings (SSSR count). The Hall–Kier alpha value is -1.63. The van der Waals surface area contributed by atoms with Gasteiger partial charge in [-0.3, -0.25) is 0 Å². The maximum absolute atomic E-state index is 5.36. The molecule has 0 unspecified atom stereocenters. The highest BCUT2D eigenvalue weighted by Gasteiger charge is 2.11. The van der Waals surface area contributed by atoms with Gasteiger partial charge in [0.1, 0.15) is 11.4 Å². The number of ether oxygens (including phenoxy) is 1. The molecule has 0 spiro atoms. The summed E-state index contributed by atoms with van der Waals surface area (Å²) < 4.78 is 8.30. The number of hydrogen-bond donors (Lipinski definition) is 0. The van der Waals surface area contributed by atoms with Gasteiger partial charge in [0, 0.05) is 9.77 Å². The average Bonchev–Trinajstić information content (AvgIpc) is 2.84. The molecule has 0 radical (unpaired) electrons. The summed E-state index contributed by atoms with van der Waals surface area (Å²) in [6.07, 6.45) is 3.62. The summed E-state index contributed by atoms with van der Waals surface area (Å²) in [7, 11) is 1.65. The van der Waals surface area contributed by atoms with E-state index in [2.05, 4.69) is 32.7 Å². The molecule has 0 amide bonds. The number of hydrogen-bond acceptors (Lipinski definition) is 3. The van der Waals surface area contributed by atoms with Crippen molar-refractivity contribution in [1.82, 2.24) is 14.8 Å². The van der Waals surface area contributed by atoms with E-state index >= 15 is 0 Å². The topological polar surface area (TPSA) is 39.9 Å². The molecule has 3 aromatic rings. The van der Waals surface area contributed by atoms with E-state index in [1.807, 2.05) is 36.5 Å². The van der Waals surface area contributed by atoms with Crippen LogP contribution in [0.25, 0.3) is 16.7 Å². The van der Waals surface area contributed by atoms with Crippen LogP contribution in [-0.4, -0.2) is 21.9 Å². The number of para-hydroxylation sites is 2. The van der Waals surface area contributed by atoms with Crippen molar-refractivity contribution in [3.8, 4) is 11.4 Å². The van der Waals surface area contributed by atoms with Crippen LogP contribution in [0.15, 0.2) is 42.7 Å². The Bertz CT molecular complexity index is 708. The molecule has 5 heteroatoms. The minimum Gasteiger partial charge on any atom is -0.494 e. The fraction of sp³-hybridized carbons (Fsp3) is 0.0769. The summed E-state index contributed by atoms with van der Waals surface area (Å²) in [4.78, 5) is 4.39. The lowest BCUT2D eigenvalue weighted by molar-refractivity contribution is 0.412. The summed E-state index contributed by atoms with van der Waals surface area (Å²) in [6, 6.07) is 9.74. The highest BCUT2D eigenvalue weighted by molar-refractivity contribution is 14.1. The summed E-state index contributed by atoms with van der Waals surface area (Å²) in [5, 5.41) is 5.45. The fourth-order valence-corrected chi connectivity index (χ4v) is 2.42. The van der Waals surface area contributed by atoms with Crippen LogP contribution in [0.5, 0.6) is 5.75 Å². The van der Waals surface area contributed by atoms with Gasteiger partial charge in [-0.05, 0) is 40.8 Å². The molecule has 1 aromatic carbocycles. The van der Waals surface area contributed by atoms with Gasteiger partial charge in [0.15, 0.2) is 5.65 Å².